The third-order valence-corrected chi connectivity index (χ3v) is 3.41. The van der Waals surface area contributed by atoms with Gasteiger partial charge >= 0.3 is 0 Å². The Morgan fingerprint density at radius 1 is 1.00 bits per heavy atom. The molecule has 0 saturated carbocycles. The number of rotatable bonds is 3. The molecule has 0 unspecified atom stereocenters. The summed E-state index contributed by atoms with van der Waals surface area (Å²) in [5, 5.41) is 1.10. The maximum atomic E-state index is 5.73. The molecular formula is C14H16N2OSi. The molecule has 0 bridgehead atoms. The van der Waals surface area contributed by atoms with E-state index in [0.717, 1.165) is 16.6 Å². The first-order valence-corrected chi connectivity index (χ1v) is 6.77. The maximum absolute atomic E-state index is 5.73. The second kappa shape index (κ2) is 5.41. The Morgan fingerprint density at radius 3 is 2.33 bits per heavy atom. The first-order valence-electron chi connectivity index (χ1n) is 5.86. The molecule has 2 heterocycles. The molecule has 0 spiro atoms. The van der Waals surface area contributed by atoms with Crippen LogP contribution in [0.1, 0.15) is 20.8 Å². The molecule has 2 radical (unpaired) electrons. The molecule has 3 nitrogen and oxygen atoms in total. The van der Waals surface area contributed by atoms with Crippen molar-refractivity contribution in [1.82, 2.24) is 9.97 Å². The summed E-state index contributed by atoms with van der Waals surface area (Å²) in [5.41, 5.74) is 1.67. The summed E-state index contributed by atoms with van der Waals surface area (Å²) in [6, 6.07) is 9.84. The van der Waals surface area contributed by atoms with Crippen molar-refractivity contribution in [3.8, 4) is 11.4 Å². The van der Waals surface area contributed by atoms with Crippen molar-refractivity contribution in [2.45, 2.75) is 26.4 Å². The van der Waals surface area contributed by atoms with Gasteiger partial charge in [-0.05, 0) is 44.2 Å². The molecule has 0 aliphatic rings. The Hall–Kier alpha value is -1.52. The third kappa shape index (κ3) is 3.75. The van der Waals surface area contributed by atoms with Crippen LogP contribution < -0.4 is 5.19 Å². The van der Waals surface area contributed by atoms with Gasteiger partial charge in [0, 0.05) is 18.0 Å². The molecule has 0 atom stereocenters. The Kier molecular flexibility index (Phi) is 3.89. The number of pyridine rings is 2. The van der Waals surface area contributed by atoms with Gasteiger partial charge in [-0.2, -0.15) is 0 Å². The highest BCUT2D eigenvalue weighted by molar-refractivity contribution is 6.46. The number of hydrogen-bond donors (Lipinski definition) is 0. The van der Waals surface area contributed by atoms with Gasteiger partial charge in [-0.15, -0.1) is 0 Å². The highest BCUT2D eigenvalue weighted by atomic mass is 28.2. The van der Waals surface area contributed by atoms with Gasteiger partial charge in [0.25, 0.3) is 9.76 Å². The molecule has 2 aromatic rings. The fourth-order valence-electron chi connectivity index (χ4n) is 1.33. The monoisotopic (exact) mass is 256 g/mol. The number of aromatic nitrogens is 2. The lowest BCUT2D eigenvalue weighted by Gasteiger charge is -2.18. The predicted octanol–water partition coefficient (Wildman–Crippen LogP) is 2.20. The van der Waals surface area contributed by atoms with Crippen LogP contribution in [0.5, 0.6) is 0 Å². The van der Waals surface area contributed by atoms with Gasteiger partial charge in [0.2, 0.25) is 0 Å². The topological polar surface area (TPSA) is 35.0 Å². The van der Waals surface area contributed by atoms with Gasteiger partial charge in [0.05, 0.1) is 11.4 Å². The summed E-state index contributed by atoms with van der Waals surface area (Å²) in [6.45, 7) is 6.15. The van der Waals surface area contributed by atoms with E-state index in [1.165, 1.54) is 0 Å². The molecule has 0 aliphatic carbocycles. The second-order valence-corrected chi connectivity index (χ2v) is 5.95. The normalized spacial score (nSPS) is 11.5. The lowest BCUT2D eigenvalue weighted by Crippen LogP contribution is -2.28. The van der Waals surface area contributed by atoms with Crippen molar-refractivity contribution in [2.24, 2.45) is 0 Å². The molecular weight excluding hydrogens is 240 g/mol. The minimum atomic E-state index is -0.113. The Bertz CT molecular complexity index is 491. The van der Waals surface area contributed by atoms with Gasteiger partial charge in [0.1, 0.15) is 0 Å². The summed E-state index contributed by atoms with van der Waals surface area (Å²) < 4.78 is 5.73. The van der Waals surface area contributed by atoms with E-state index in [1.54, 1.807) is 6.20 Å². The maximum Gasteiger partial charge on any atom is 0.271 e. The predicted molar refractivity (Wildman–Crippen MR) is 73.7 cm³/mol. The zero-order valence-electron chi connectivity index (χ0n) is 10.8. The Labute approximate surface area is 110 Å². The first kappa shape index (κ1) is 12.9. The summed E-state index contributed by atoms with van der Waals surface area (Å²) in [7, 11) is 0.327. The van der Waals surface area contributed by atoms with Gasteiger partial charge in [-0.25, -0.2) is 0 Å². The van der Waals surface area contributed by atoms with Gasteiger partial charge < -0.3 is 4.43 Å². The smallest absolute Gasteiger partial charge is 0.271 e. The number of nitrogens with zero attached hydrogens (tertiary/aromatic N) is 2. The zero-order chi connectivity index (χ0) is 13.0. The van der Waals surface area contributed by atoms with Gasteiger partial charge in [0.15, 0.2) is 0 Å². The van der Waals surface area contributed by atoms with Crippen LogP contribution in [0.3, 0.4) is 0 Å². The van der Waals surface area contributed by atoms with E-state index in [-0.39, 0.29) is 5.60 Å². The van der Waals surface area contributed by atoms with Crippen molar-refractivity contribution < 1.29 is 4.43 Å². The molecule has 0 amide bonds. The lowest BCUT2D eigenvalue weighted by molar-refractivity contribution is 0.142. The van der Waals surface area contributed by atoms with E-state index in [2.05, 4.69) is 30.7 Å². The average Bonchev–Trinajstić information content (AvgIpc) is 2.37. The molecule has 2 aromatic heterocycles. The highest BCUT2D eigenvalue weighted by Crippen LogP contribution is 2.11. The van der Waals surface area contributed by atoms with E-state index in [4.69, 9.17) is 4.43 Å². The highest BCUT2D eigenvalue weighted by Gasteiger charge is 2.11. The van der Waals surface area contributed by atoms with Crippen LogP contribution in [-0.4, -0.2) is 25.3 Å². The van der Waals surface area contributed by atoms with Crippen LogP contribution in [0.15, 0.2) is 42.7 Å². The van der Waals surface area contributed by atoms with Crippen molar-refractivity contribution in [3.05, 3.63) is 42.7 Å². The van der Waals surface area contributed by atoms with E-state index >= 15 is 0 Å². The van der Waals surface area contributed by atoms with Crippen LogP contribution in [0, 0.1) is 0 Å². The molecule has 4 heteroatoms. The molecule has 92 valence electrons. The molecule has 0 N–H and O–H groups in total. The molecule has 0 saturated heterocycles. The standard InChI is InChI=1S/C14H16N2OSi/c1-14(2,3)17-18-11-7-8-13(16-10-11)12-6-4-5-9-15-12/h4-10H,1-3H3. The molecule has 0 aliphatic heterocycles. The third-order valence-electron chi connectivity index (χ3n) is 2.17. The summed E-state index contributed by atoms with van der Waals surface area (Å²) in [5.74, 6) is 0. The average molecular weight is 256 g/mol. The Balaban J connectivity index is 2.07. The minimum Gasteiger partial charge on any atom is -0.407 e. The first-order chi connectivity index (χ1) is 8.54. The van der Waals surface area contributed by atoms with Crippen LogP contribution in [-0.2, 0) is 4.43 Å². The quantitative estimate of drug-likeness (QED) is 0.790. The second-order valence-electron chi connectivity index (χ2n) is 4.96. The lowest BCUT2D eigenvalue weighted by atomic mass is 10.2. The van der Waals surface area contributed by atoms with Crippen molar-refractivity contribution in [2.75, 3.05) is 0 Å². The van der Waals surface area contributed by atoms with E-state index in [1.807, 2.05) is 36.5 Å². The van der Waals surface area contributed by atoms with Crippen molar-refractivity contribution in [1.29, 1.82) is 0 Å². The molecule has 2 rings (SSSR count). The molecule has 0 fully saturated rings. The van der Waals surface area contributed by atoms with Gasteiger partial charge in [-0.3, -0.25) is 9.97 Å². The fourth-order valence-corrected chi connectivity index (χ4v) is 2.02. The molecule has 0 aromatic carbocycles. The number of hydrogen-bond acceptors (Lipinski definition) is 3. The van der Waals surface area contributed by atoms with E-state index < -0.39 is 0 Å². The van der Waals surface area contributed by atoms with Crippen LogP contribution >= 0.6 is 0 Å². The van der Waals surface area contributed by atoms with Crippen LogP contribution in [0.2, 0.25) is 0 Å². The largest absolute Gasteiger partial charge is 0.407 e. The van der Waals surface area contributed by atoms with Crippen molar-refractivity contribution >= 4 is 14.9 Å². The SMILES string of the molecule is CC(C)(C)O[Si]c1ccc(-c2ccccn2)nc1. The van der Waals surface area contributed by atoms with Crippen LogP contribution in [0.25, 0.3) is 11.4 Å². The van der Waals surface area contributed by atoms with Gasteiger partial charge in [-0.1, -0.05) is 12.1 Å². The van der Waals surface area contributed by atoms with Crippen molar-refractivity contribution in [3.63, 3.8) is 0 Å². The summed E-state index contributed by atoms with van der Waals surface area (Å²) in [4.78, 5) is 8.69. The minimum absolute atomic E-state index is 0.113. The van der Waals surface area contributed by atoms with Crippen LogP contribution in [0.4, 0.5) is 0 Å². The van der Waals surface area contributed by atoms with E-state index in [0.29, 0.717) is 9.76 Å². The molecule has 18 heavy (non-hydrogen) atoms. The summed E-state index contributed by atoms with van der Waals surface area (Å²) >= 11 is 0. The summed E-state index contributed by atoms with van der Waals surface area (Å²) in [6.07, 6.45) is 3.63. The van der Waals surface area contributed by atoms with E-state index in [9.17, 15) is 0 Å². The zero-order valence-corrected chi connectivity index (χ0v) is 11.8. The Morgan fingerprint density at radius 2 is 1.78 bits per heavy atom. The fraction of sp³-hybridized carbons (Fsp3) is 0.286.